The van der Waals surface area contributed by atoms with E-state index in [4.69, 9.17) is 18.3 Å². The first-order chi connectivity index (χ1) is 16.5. The topological polar surface area (TPSA) is 96.0 Å². The molecule has 7 heteroatoms. The molecule has 34 heavy (non-hydrogen) atoms. The zero-order valence-corrected chi connectivity index (χ0v) is 17.9. The Morgan fingerprint density at radius 2 is 1.35 bits per heavy atom. The zero-order valence-electron chi connectivity index (χ0n) is 17.9. The fraction of sp³-hybridized carbons (Fsp3) is 0.0741. The summed E-state index contributed by atoms with van der Waals surface area (Å²) in [5.41, 5.74) is -0.0612. The van der Waals surface area contributed by atoms with Gasteiger partial charge < -0.3 is 18.3 Å². The number of esters is 1. The van der Waals surface area contributed by atoms with Gasteiger partial charge in [-0.2, -0.15) is 0 Å². The average Bonchev–Trinajstić information content (AvgIpc) is 2.83. The monoisotopic (exact) mass is 452 g/mol. The van der Waals surface area contributed by atoms with E-state index in [9.17, 15) is 14.4 Å². The van der Waals surface area contributed by atoms with E-state index in [0.29, 0.717) is 27.7 Å². The normalized spacial score (nSPS) is 14.3. The van der Waals surface area contributed by atoms with E-state index >= 15 is 0 Å². The Bertz CT molecular complexity index is 1740. The van der Waals surface area contributed by atoms with Crippen molar-refractivity contribution >= 4 is 27.9 Å². The van der Waals surface area contributed by atoms with Crippen molar-refractivity contribution in [3.63, 3.8) is 0 Å². The molecular formula is C27H16O7. The Morgan fingerprint density at radius 3 is 2.09 bits per heavy atom. The van der Waals surface area contributed by atoms with Crippen molar-refractivity contribution in [1.82, 2.24) is 0 Å². The molecule has 0 unspecified atom stereocenters. The largest absolute Gasteiger partial charge is 0.456 e. The summed E-state index contributed by atoms with van der Waals surface area (Å²) in [6, 6.07) is 20.8. The Balaban J connectivity index is 1.78. The summed E-state index contributed by atoms with van der Waals surface area (Å²) < 4.78 is 23.0. The van der Waals surface area contributed by atoms with Crippen LogP contribution >= 0.6 is 0 Å². The van der Waals surface area contributed by atoms with Crippen molar-refractivity contribution in [3.05, 3.63) is 110 Å². The quantitative estimate of drug-likeness (QED) is 0.266. The summed E-state index contributed by atoms with van der Waals surface area (Å²) in [6.07, 6.45) is 0. The molecule has 0 saturated carbocycles. The third kappa shape index (κ3) is 2.94. The van der Waals surface area contributed by atoms with Crippen molar-refractivity contribution in [2.75, 3.05) is 0 Å². The second-order valence-electron chi connectivity index (χ2n) is 7.92. The average molecular weight is 452 g/mol. The summed E-state index contributed by atoms with van der Waals surface area (Å²) in [5.74, 6) is -0.757. The molecule has 1 atom stereocenters. The molecule has 7 nitrogen and oxygen atoms in total. The van der Waals surface area contributed by atoms with Crippen LogP contribution in [0.4, 0.5) is 0 Å². The molecule has 0 N–H and O–H groups in total. The van der Waals surface area contributed by atoms with Crippen LogP contribution in [0.2, 0.25) is 0 Å². The van der Waals surface area contributed by atoms with Crippen LogP contribution < -0.4 is 20.7 Å². The van der Waals surface area contributed by atoms with Gasteiger partial charge >= 0.3 is 17.2 Å². The molecule has 0 spiro atoms. The zero-order chi connectivity index (χ0) is 23.4. The number of carbonyl (C=O) groups excluding carboxylic acids is 1. The van der Waals surface area contributed by atoms with Crippen LogP contribution in [-0.2, 0) is 4.79 Å². The number of benzene rings is 3. The fourth-order valence-corrected chi connectivity index (χ4v) is 4.51. The lowest BCUT2D eigenvalue weighted by molar-refractivity contribution is -0.131. The highest BCUT2D eigenvalue weighted by Crippen LogP contribution is 2.50. The first-order valence-corrected chi connectivity index (χ1v) is 10.6. The van der Waals surface area contributed by atoms with Crippen LogP contribution in [0.15, 0.2) is 91.2 Å². The van der Waals surface area contributed by atoms with E-state index in [-0.39, 0.29) is 28.2 Å². The third-order valence-corrected chi connectivity index (χ3v) is 5.86. The highest BCUT2D eigenvalue weighted by atomic mass is 16.5. The van der Waals surface area contributed by atoms with Crippen LogP contribution in [0.25, 0.3) is 21.9 Å². The molecule has 0 amide bonds. The van der Waals surface area contributed by atoms with E-state index < -0.39 is 23.1 Å². The van der Waals surface area contributed by atoms with Gasteiger partial charge in [-0.05, 0) is 30.3 Å². The van der Waals surface area contributed by atoms with Gasteiger partial charge in [0.2, 0.25) is 0 Å². The number of hydrogen-bond donors (Lipinski definition) is 0. The van der Waals surface area contributed by atoms with E-state index in [1.807, 2.05) is 0 Å². The minimum Gasteiger partial charge on any atom is -0.456 e. The van der Waals surface area contributed by atoms with Crippen molar-refractivity contribution in [3.8, 4) is 17.2 Å². The van der Waals surface area contributed by atoms with Crippen molar-refractivity contribution in [2.24, 2.45) is 0 Å². The first kappa shape index (κ1) is 20.0. The van der Waals surface area contributed by atoms with Crippen molar-refractivity contribution in [2.45, 2.75) is 12.8 Å². The number of hydrogen-bond acceptors (Lipinski definition) is 7. The second-order valence-corrected chi connectivity index (χ2v) is 7.92. The number of carbonyl (C=O) groups is 1. The molecule has 1 aliphatic rings. The van der Waals surface area contributed by atoms with Gasteiger partial charge in [0.25, 0.3) is 0 Å². The van der Waals surface area contributed by atoms with Crippen molar-refractivity contribution < 1.29 is 23.1 Å². The molecule has 3 aromatic carbocycles. The SMILES string of the molecule is CC(=O)Oc1c([C@@H]2c3ccccc3Oc3c2c(=O)oc2ccccc32)c(=O)oc2ccccc12. The second kappa shape index (κ2) is 7.45. The van der Waals surface area contributed by atoms with Gasteiger partial charge in [0.05, 0.1) is 27.8 Å². The first-order valence-electron chi connectivity index (χ1n) is 10.6. The minimum absolute atomic E-state index is 0.0217. The van der Waals surface area contributed by atoms with E-state index in [2.05, 4.69) is 0 Å². The van der Waals surface area contributed by atoms with Gasteiger partial charge in [-0.1, -0.05) is 42.5 Å². The molecule has 0 bridgehead atoms. The lowest BCUT2D eigenvalue weighted by Gasteiger charge is -2.28. The highest BCUT2D eigenvalue weighted by molar-refractivity contribution is 5.90. The Kier molecular flexibility index (Phi) is 4.38. The minimum atomic E-state index is -0.948. The maximum Gasteiger partial charge on any atom is 0.344 e. The maximum absolute atomic E-state index is 13.4. The molecule has 0 fully saturated rings. The molecule has 5 aromatic rings. The summed E-state index contributed by atoms with van der Waals surface area (Å²) in [7, 11) is 0. The standard InChI is InChI=1S/C27H16O7/c1-14(28)31-24-16-9-3-6-12-19(16)33-26(29)22(24)21-15-8-2-5-11-18(15)32-25-17-10-4-7-13-20(17)34-27(30)23(21)25/h2-13,21H,1H3/t21-/m0/s1. The fourth-order valence-electron chi connectivity index (χ4n) is 4.51. The molecule has 2 aromatic heterocycles. The lowest BCUT2D eigenvalue weighted by Crippen LogP contribution is -2.26. The van der Waals surface area contributed by atoms with Gasteiger partial charge in [0, 0.05) is 12.5 Å². The van der Waals surface area contributed by atoms with Gasteiger partial charge in [-0.3, -0.25) is 4.79 Å². The van der Waals surface area contributed by atoms with E-state index in [1.165, 1.54) is 6.92 Å². The predicted molar refractivity (Wildman–Crippen MR) is 124 cm³/mol. The molecule has 6 rings (SSSR count). The summed E-state index contributed by atoms with van der Waals surface area (Å²) in [6.45, 7) is 1.25. The van der Waals surface area contributed by atoms with E-state index in [0.717, 1.165) is 0 Å². The molecule has 3 heterocycles. The highest BCUT2D eigenvalue weighted by Gasteiger charge is 2.38. The van der Waals surface area contributed by atoms with Crippen LogP contribution in [0.3, 0.4) is 0 Å². The Morgan fingerprint density at radius 1 is 0.765 bits per heavy atom. The molecule has 166 valence electrons. The van der Waals surface area contributed by atoms with Crippen LogP contribution in [0.5, 0.6) is 17.2 Å². The summed E-state index contributed by atoms with van der Waals surface area (Å²) >= 11 is 0. The number of ether oxygens (including phenoxy) is 2. The number of para-hydroxylation sites is 3. The molecule has 0 saturated heterocycles. The smallest absolute Gasteiger partial charge is 0.344 e. The van der Waals surface area contributed by atoms with Crippen LogP contribution in [0.1, 0.15) is 29.5 Å². The third-order valence-electron chi connectivity index (χ3n) is 5.86. The number of fused-ring (bicyclic) bond motifs is 5. The Hall–Kier alpha value is -4.65. The molecular weight excluding hydrogens is 436 g/mol. The van der Waals surface area contributed by atoms with Crippen LogP contribution in [-0.4, -0.2) is 5.97 Å². The lowest BCUT2D eigenvalue weighted by atomic mass is 9.82. The van der Waals surface area contributed by atoms with Crippen LogP contribution in [0, 0.1) is 0 Å². The summed E-state index contributed by atoms with van der Waals surface area (Å²) in [5, 5.41) is 1.01. The van der Waals surface area contributed by atoms with Gasteiger partial charge in [-0.15, -0.1) is 0 Å². The maximum atomic E-state index is 13.4. The molecule has 0 radical (unpaired) electrons. The molecule has 0 aliphatic carbocycles. The van der Waals surface area contributed by atoms with Crippen molar-refractivity contribution in [1.29, 1.82) is 0 Å². The Labute approximate surface area is 191 Å². The van der Waals surface area contributed by atoms with E-state index in [1.54, 1.807) is 72.8 Å². The number of rotatable bonds is 2. The summed E-state index contributed by atoms with van der Waals surface area (Å²) in [4.78, 5) is 38.8. The predicted octanol–water partition coefficient (Wildman–Crippen LogP) is 5.11. The van der Waals surface area contributed by atoms with Gasteiger partial charge in [0.15, 0.2) is 5.75 Å². The van der Waals surface area contributed by atoms with Gasteiger partial charge in [-0.25, -0.2) is 9.59 Å². The molecule has 1 aliphatic heterocycles. The van der Waals surface area contributed by atoms with Gasteiger partial charge in [0.1, 0.15) is 22.7 Å².